The van der Waals surface area contributed by atoms with Gasteiger partial charge in [-0.15, -0.1) is 23.8 Å². The molecule has 52 heavy (non-hydrogen) atoms. The number of aryl methyl sites for hydroxylation is 2. The van der Waals surface area contributed by atoms with Crippen LogP contribution in [0.2, 0.25) is 17.3 Å². The topological polar surface area (TPSA) is 38.9 Å². The molecule has 1 radical (unpaired) electrons. The van der Waals surface area contributed by atoms with Crippen LogP contribution in [0.3, 0.4) is 0 Å². The summed E-state index contributed by atoms with van der Waals surface area (Å²) in [7, 11) is 0. The van der Waals surface area contributed by atoms with E-state index < -0.39 is 45.5 Å². The zero-order valence-electron chi connectivity index (χ0n) is 39.2. The Hall–Kier alpha value is -3.90. The summed E-state index contributed by atoms with van der Waals surface area (Å²) in [6.07, 6.45) is 4.10. The maximum Gasteiger partial charge on any atom is 0.120 e. The van der Waals surface area contributed by atoms with Crippen LogP contribution in [-0.2, 0) is 32.9 Å². The minimum Gasteiger partial charge on any atom is -0.500 e. The first-order chi connectivity index (χ1) is 28.5. The van der Waals surface area contributed by atoms with Crippen molar-refractivity contribution in [2.24, 2.45) is 5.92 Å². The molecule has 0 saturated heterocycles. The number of fused-ring (bicyclic) bond motifs is 3. The number of benzene rings is 4. The molecule has 7 aromatic rings. The third-order valence-electron chi connectivity index (χ3n) is 9.08. The molecular formula is C46H45FGeIrN2O-2. The van der Waals surface area contributed by atoms with Gasteiger partial charge in [0.1, 0.15) is 5.58 Å². The molecule has 0 aliphatic heterocycles. The smallest absolute Gasteiger partial charge is 0.120 e. The molecule has 1 saturated carbocycles. The molecule has 1 fully saturated rings. The predicted octanol–water partition coefficient (Wildman–Crippen LogP) is 11.6. The molecule has 3 aromatic heterocycles. The van der Waals surface area contributed by atoms with E-state index in [9.17, 15) is 4.39 Å². The third kappa shape index (κ3) is 8.82. The van der Waals surface area contributed by atoms with E-state index in [1.165, 1.54) is 6.07 Å². The van der Waals surface area contributed by atoms with Crippen LogP contribution in [-0.4, -0.2) is 23.2 Å². The number of rotatable bonds is 7. The third-order valence-corrected chi connectivity index (χ3v) is 13.3. The summed E-state index contributed by atoms with van der Waals surface area (Å²) in [5.41, 5.74) is 4.62. The van der Waals surface area contributed by atoms with E-state index >= 15 is 0 Å². The number of hydrogen-bond donors (Lipinski definition) is 0. The quantitative estimate of drug-likeness (QED) is 0.118. The van der Waals surface area contributed by atoms with Crippen LogP contribution in [0.15, 0.2) is 108 Å². The van der Waals surface area contributed by atoms with Gasteiger partial charge in [0, 0.05) is 38.5 Å². The second-order valence-corrected chi connectivity index (χ2v) is 24.5. The Morgan fingerprint density at radius 2 is 1.62 bits per heavy atom. The Labute approximate surface area is 337 Å². The summed E-state index contributed by atoms with van der Waals surface area (Å²) in [5.74, 6) is 5.75. The predicted molar refractivity (Wildman–Crippen MR) is 212 cm³/mol. The first-order valence-corrected chi connectivity index (χ1v) is 24.5. The second kappa shape index (κ2) is 16.4. The molecule has 8 rings (SSSR count). The van der Waals surface area contributed by atoms with Crippen LogP contribution < -0.4 is 4.40 Å². The van der Waals surface area contributed by atoms with E-state index in [4.69, 9.17) is 18.1 Å². The summed E-state index contributed by atoms with van der Waals surface area (Å²) in [6, 6.07) is 30.7. The Morgan fingerprint density at radius 3 is 2.37 bits per heavy atom. The SMILES string of the molecule is [2H]C([2H])([2H])c1c[c-]c(-c2cc(C([2H])([2H])c3ccccc3)[c]([Ge]([CH3])([CH3])[CH3])cn2)c(F)c1.[2H]C([2H])([2H])c1ccc2oc3c[c-]c(-c4cc(C([2H])([2H])C5CCCC5)ccn4)cc3c2c1.[Ir]. The first kappa shape index (κ1) is 26.8. The van der Waals surface area contributed by atoms with Crippen molar-refractivity contribution < 1.29 is 42.6 Å². The minimum absolute atomic E-state index is 0. The van der Waals surface area contributed by atoms with Gasteiger partial charge in [-0.2, -0.15) is 0 Å². The molecule has 0 N–H and O–H groups in total. The molecule has 0 amide bonds. The summed E-state index contributed by atoms with van der Waals surface area (Å²) >= 11 is -2.53. The fourth-order valence-electron chi connectivity index (χ4n) is 6.48. The summed E-state index contributed by atoms with van der Waals surface area (Å²) < 4.78 is 102. The normalized spacial score (nSPS) is 17.1. The van der Waals surface area contributed by atoms with Crippen LogP contribution in [0, 0.1) is 37.6 Å². The molecule has 1 aliphatic carbocycles. The molecule has 3 heterocycles. The largest absolute Gasteiger partial charge is 0.500 e. The Kier molecular flexibility index (Phi) is 8.46. The molecule has 0 atom stereocenters. The number of aromatic nitrogens is 2. The van der Waals surface area contributed by atoms with Crippen LogP contribution in [0.1, 0.15) is 67.2 Å². The summed E-state index contributed by atoms with van der Waals surface area (Å²) in [4.78, 5) is 8.86. The van der Waals surface area contributed by atoms with Crippen molar-refractivity contribution in [3.63, 3.8) is 0 Å². The van der Waals surface area contributed by atoms with Crippen LogP contribution in [0.5, 0.6) is 0 Å². The number of nitrogens with zero attached hydrogens (tertiary/aromatic N) is 2. The van der Waals surface area contributed by atoms with Gasteiger partial charge in [-0.1, -0.05) is 54.3 Å². The average molecular weight is 936 g/mol. The van der Waals surface area contributed by atoms with Gasteiger partial charge in [0.2, 0.25) is 0 Å². The maximum atomic E-state index is 14.7. The van der Waals surface area contributed by atoms with E-state index in [1.54, 1.807) is 73.1 Å². The molecule has 6 heteroatoms. The zero-order chi connectivity index (χ0) is 44.1. The van der Waals surface area contributed by atoms with E-state index in [0.717, 1.165) is 52.5 Å². The van der Waals surface area contributed by atoms with Gasteiger partial charge in [0.25, 0.3) is 0 Å². The first-order valence-electron chi connectivity index (χ1n) is 22.2. The summed E-state index contributed by atoms with van der Waals surface area (Å²) in [5, 5.41) is 1.53. The van der Waals surface area contributed by atoms with Crippen molar-refractivity contribution in [1.82, 2.24) is 9.97 Å². The number of hydrogen-bond acceptors (Lipinski definition) is 3. The molecule has 4 aromatic carbocycles. The fourth-order valence-corrected chi connectivity index (χ4v) is 9.40. The van der Waals surface area contributed by atoms with Crippen LogP contribution in [0.25, 0.3) is 44.5 Å². The Balaban J connectivity index is 0.000000204. The summed E-state index contributed by atoms with van der Waals surface area (Å²) in [6.45, 7) is -4.62. The number of pyridine rings is 2. The average Bonchev–Trinajstić information content (AvgIpc) is 3.89. The van der Waals surface area contributed by atoms with Gasteiger partial charge in [-0.3, -0.25) is 0 Å². The number of halogens is 1. The maximum absolute atomic E-state index is 14.7. The van der Waals surface area contributed by atoms with Crippen molar-refractivity contribution in [2.45, 2.75) is 69.4 Å². The van der Waals surface area contributed by atoms with E-state index in [-0.39, 0.29) is 48.4 Å². The molecular weight excluding hydrogens is 880 g/mol. The van der Waals surface area contributed by atoms with Gasteiger partial charge in [0.05, 0.1) is 5.58 Å². The minimum atomic E-state index is -2.53. The Morgan fingerprint density at radius 1 is 0.827 bits per heavy atom. The number of furan rings is 1. The van der Waals surface area contributed by atoms with Crippen molar-refractivity contribution in [1.29, 1.82) is 0 Å². The van der Waals surface area contributed by atoms with Crippen molar-refractivity contribution in [3.05, 3.63) is 149 Å². The van der Waals surface area contributed by atoms with Gasteiger partial charge in [0.15, 0.2) is 0 Å². The molecule has 0 unspecified atom stereocenters. The van der Waals surface area contributed by atoms with Crippen molar-refractivity contribution >= 4 is 39.6 Å². The monoisotopic (exact) mass is 937 g/mol. The van der Waals surface area contributed by atoms with Gasteiger partial charge in [-0.25, -0.2) is 0 Å². The molecule has 1 aliphatic rings. The van der Waals surface area contributed by atoms with Crippen LogP contribution >= 0.6 is 0 Å². The van der Waals surface area contributed by atoms with Crippen molar-refractivity contribution in [3.8, 4) is 22.5 Å². The fraction of sp³-hybridized carbons (Fsp3) is 0.261. The van der Waals surface area contributed by atoms with Crippen LogP contribution in [0.4, 0.5) is 4.39 Å². The standard InChI is InChI=1S/C24H22NO.C22H23FGeN.Ir/c1-16-6-8-23-20(12-16)21-15-19(7-9-24(21)26-23)22-14-18(10-11-25-22)13-17-4-2-3-5-17;1-16-10-11-19(20(23)12-16)22-14-18(13-17-8-6-5-7-9-17)21(15-25-22)24(2,3)4;/h6,8-12,14-15,17H,2-5,13H2,1H3;5-10,12,14-15H,13H2,1-4H3;/q2*-1;/i2*1D3,13D2;. The van der Waals surface area contributed by atoms with E-state index in [2.05, 4.69) is 39.4 Å². The molecule has 267 valence electrons. The Bertz CT molecular complexity index is 2710. The second-order valence-electron chi connectivity index (χ2n) is 14.0. The van der Waals surface area contributed by atoms with Gasteiger partial charge >= 0.3 is 159 Å². The molecule has 3 nitrogen and oxygen atoms in total. The molecule has 0 spiro atoms. The van der Waals surface area contributed by atoms with Gasteiger partial charge in [-0.05, 0) is 43.0 Å². The van der Waals surface area contributed by atoms with Gasteiger partial charge < -0.3 is 9.40 Å². The molecule has 0 bridgehead atoms. The van der Waals surface area contributed by atoms with Crippen molar-refractivity contribution in [2.75, 3.05) is 0 Å². The van der Waals surface area contributed by atoms with E-state index in [1.807, 2.05) is 18.2 Å². The zero-order valence-corrected chi connectivity index (χ0v) is 33.7. The van der Waals surface area contributed by atoms with E-state index in [0.29, 0.717) is 33.6 Å².